The maximum absolute atomic E-state index is 8.65. The Labute approximate surface area is 62.9 Å². The molecule has 1 rings (SSSR count). The monoisotopic (exact) mass is 162 g/mol. The molecule has 1 aromatic heterocycles. The first-order valence-corrected chi connectivity index (χ1v) is 3.79. The van der Waals surface area contributed by atoms with E-state index in [1.165, 1.54) is 11.3 Å². The van der Waals surface area contributed by atoms with Gasteiger partial charge in [-0.2, -0.15) is 0 Å². The van der Waals surface area contributed by atoms with E-state index < -0.39 is 0 Å². The molecule has 1 aromatic rings. The van der Waals surface area contributed by atoms with Gasteiger partial charge in [0.25, 0.3) is 0 Å². The summed E-state index contributed by atoms with van der Waals surface area (Å²) in [6, 6.07) is 1.90. The number of aryl methyl sites for hydroxylation is 1. The Kier molecular flexibility index (Phi) is 2.11. The number of hydrogen-bond acceptors (Lipinski definition) is 2. The second-order valence-corrected chi connectivity index (χ2v) is 3.67. The van der Waals surface area contributed by atoms with E-state index in [2.05, 4.69) is 0 Å². The fraction of sp³-hybridized carbons (Fsp3) is 0.333. The summed E-state index contributed by atoms with van der Waals surface area (Å²) in [5, 5.41) is 8.65. The Morgan fingerprint density at radius 1 is 1.78 bits per heavy atom. The van der Waals surface area contributed by atoms with Crippen LogP contribution >= 0.6 is 22.9 Å². The Bertz CT molecular complexity index is 207. The predicted octanol–water partition coefficient (Wildman–Crippen LogP) is 2.20. The van der Waals surface area contributed by atoms with Gasteiger partial charge in [0.15, 0.2) is 0 Å². The molecule has 0 radical (unpaired) electrons. The Hall–Kier alpha value is -0.0500. The van der Waals surface area contributed by atoms with Crippen molar-refractivity contribution in [2.24, 2.45) is 0 Å². The SMILES string of the molecule is Cc1cc(CO)c(Cl)s1. The van der Waals surface area contributed by atoms with Gasteiger partial charge in [-0.15, -0.1) is 11.3 Å². The third-order valence-corrected chi connectivity index (χ3v) is 2.41. The summed E-state index contributed by atoms with van der Waals surface area (Å²) < 4.78 is 0.704. The van der Waals surface area contributed by atoms with Crippen LogP contribution in [0.25, 0.3) is 0 Å². The zero-order valence-corrected chi connectivity index (χ0v) is 6.59. The third kappa shape index (κ3) is 1.45. The van der Waals surface area contributed by atoms with Gasteiger partial charge >= 0.3 is 0 Å². The molecule has 0 aliphatic carbocycles. The molecule has 0 aromatic carbocycles. The topological polar surface area (TPSA) is 20.2 Å². The van der Waals surface area contributed by atoms with E-state index in [0.717, 1.165) is 10.4 Å². The van der Waals surface area contributed by atoms with Gasteiger partial charge in [-0.05, 0) is 13.0 Å². The van der Waals surface area contributed by atoms with Crippen LogP contribution in [0.2, 0.25) is 4.34 Å². The van der Waals surface area contributed by atoms with Gasteiger partial charge in [-0.3, -0.25) is 0 Å². The van der Waals surface area contributed by atoms with Crippen LogP contribution in [0.5, 0.6) is 0 Å². The molecule has 9 heavy (non-hydrogen) atoms. The summed E-state index contributed by atoms with van der Waals surface area (Å²) in [5.41, 5.74) is 0.833. The molecule has 0 bridgehead atoms. The molecular formula is C6H7ClOS. The van der Waals surface area contributed by atoms with Crippen molar-refractivity contribution in [1.82, 2.24) is 0 Å². The van der Waals surface area contributed by atoms with Gasteiger partial charge in [-0.25, -0.2) is 0 Å². The summed E-state index contributed by atoms with van der Waals surface area (Å²) in [4.78, 5) is 1.14. The summed E-state index contributed by atoms with van der Waals surface area (Å²) in [5.74, 6) is 0. The minimum absolute atomic E-state index is 0.0448. The molecule has 0 saturated carbocycles. The highest BCUT2D eigenvalue weighted by atomic mass is 35.5. The van der Waals surface area contributed by atoms with Crippen LogP contribution in [0.1, 0.15) is 10.4 Å². The third-order valence-electron chi connectivity index (χ3n) is 1.05. The summed E-state index contributed by atoms with van der Waals surface area (Å²) in [6.07, 6.45) is 0. The van der Waals surface area contributed by atoms with Gasteiger partial charge in [0.05, 0.1) is 10.9 Å². The summed E-state index contributed by atoms with van der Waals surface area (Å²) in [7, 11) is 0. The van der Waals surface area contributed by atoms with Crippen LogP contribution in [-0.4, -0.2) is 5.11 Å². The first-order chi connectivity index (χ1) is 4.24. The quantitative estimate of drug-likeness (QED) is 0.672. The van der Waals surface area contributed by atoms with E-state index in [4.69, 9.17) is 16.7 Å². The number of aliphatic hydroxyl groups is 1. The van der Waals surface area contributed by atoms with E-state index in [0.29, 0.717) is 4.34 Å². The molecule has 0 spiro atoms. The number of rotatable bonds is 1. The van der Waals surface area contributed by atoms with Crippen molar-refractivity contribution in [3.8, 4) is 0 Å². The molecule has 0 saturated heterocycles. The lowest BCUT2D eigenvalue weighted by Crippen LogP contribution is -1.75. The molecule has 0 unspecified atom stereocenters. The fourth-order valence-corrected chi connectivity index (χ4v) is 1.86. The standard InChI is InChI=1S/C6H7ClOS/c1-4-2-5(3-8)6(7)9-4/h2,8H,3H2,1H3. The average molecular weight is 163 g/mol. The maximum Gasteiger partial charge on any atom is 0.0986 e. The van der Waals surface area contributed by atoms with Crippen molar-refractivity contribution < 1.29 is 5.11 Å². The van der Waals surface area contributed by atoms with Crippen molar-refractivity contribution in [1.29, 1.82) is 0 Å². The normalized spacial score (nSPS) is 10.1. The minimum atomic E-state index is 0.0448. The van der Waals surface area contributed by atoms with Crippen LogP contribution in [0.15, 0.2) is 6.07 Å². The second-order valence-electron chi connectivity index (χ2n) is 1.81. The second kappa shape index (κ2) is 2.69. The molecule has 0 aliphatic rings. The maximum atomic E-state index is 8.65. The Morgan fingerprint density at radius 3 is 2.67 bits per heavy atom. The van der Waals surface area contributed by atoms with Crippen molar-refractivity contribution in [2.45, 2.75) is 13.5 Å². The van der Waals surface area contributed by atoms with Crippen LogP contribution < -0.4 is 0 Å². The molecule has 50 valence electrons. The molecule has 0 amide bonds. The van der Waals surface area contributed by atoms with E-state index in [-0.39, 0.29) is 6.61 Å². The number of hydrogen-bond donors (Lipinski definition) is 1. The van der Waals surface area contributed by atoms with E-state index in [1.807, 2.05) is 13.0 Å². The predicted molar refractivity (Wildman–Crippen MR) is 40.0 cm³/mol. The average Bonchev–Trinajstić information content (AvgIpc) is 2.10. The van der Waals surface area contributed by atoms with E-state index in [1.54, 1.807) is 0 Å². The van der Waals surface area contributed by atoms with Gasteiger partial charge in [-0.1, -0.05) is 11.6 Å². The van der Waals surface area contributed by atoms with Gasteiger partial charge in [0.1, 0.15) is 0 Å². The van der Waals surface area contributed by atoms with Gasteiger partial charge in [0, 0.05) is 10.4 Å². The lowest BCUT2D eigenvalue weighted by Gasteiger charge is -1.85. The highest BCUT2D eigenvalue weighted by Crippen LogP contribution is 2.26. The van der Waals surface area contributed by atoms with Crippen molar-refractivity contribution in [3.05, 3.63) is 20.8 Å². The Balaban J connectivity index is 3.01. The molecule has 0 aliphatic heterocycles. The summed E-state index contributed by atoms with van der Waals surface area (Å²) in [6.45, 7) is 2.01. The van der Waals surface area contributed by atoms with E-state index >= 15 is 0 Å². The zero-order chi connectivity index (χ0) is 6.85. The van der Waals surface area contributed by atoms with Crippen LogP contribution in [0.4, 0.5) is 0 Å². The van der Waals surface area contributed by atoms with E-state index in [9.17, 15) is 0 Å². The number of thiophene rings is 1. The summed E-state index contributed by atoms with van der Waals surface area (Å²) >= 11 is 7.20. The fourth-order valence-electron chi connectivity index (χ4n) is 0.646. The smallest absolute Gasteiger partial charge is 0.0986 e. The first kappa shape index (κ1) is 7.06. The largest absolute Gasteiger partial charge is 0.392 e. The van der Waals surface area contributed by atoms with Crippen molar-refractivity contribution in [3.63, 3.8) is 0 Å². The molecule has 1 N–H and O–H groups in total. The molecule has 0 atom stereocenters. The number of halogens is 1. The van der Waals surface area contributed by atoms with Crippen LogP contribution in [-0.2, 0) is 6.61 Å². The van der Waals surface area contributed by atoms with Gasteiger partial charge in [0.2, 0.25) is 0 Å². The van der Waals surface area contributed by atoms with Crippen molar-refractivity contribution >= 4 is 22.9 Å². The lowest BCUT2D eigenvalue weighted by molar-refractivity contribution is 0.282. The Morgan fingerprint density at radius 2 is 2.44 bits per heavy atom. The van der Waals surface area contributed by atoms with Crippen LogP contribution in [0, 0.1) is 6.92 Å². The van der Waals surface area contributed by atoms with Crippen molar-refractivity contribution in [2.75, 3.05) is 0 Å². The zero-order valence-electron chi connectivity index (χ0n) is 5.02. The molecule has 1 heterocycles. The molecule has 0 fully saturated rings. The first-order valence-electron chi connectivity index (χ1n) is 2.59. The highest BCUT2D eigenvalue weighted by Gasteiger charge is 2.00. The highest BCUT2D eigenvalue weighted by molar-refractivity contribution is 7.16. The minimum Gasteiger partial charge on any atom is -0.392 e. The molecule has 1 nitrogen and oxygen atoms in total. The number of aliphatic hydroxyl groups excluding tert-OH is 1. The molecular weight excluding hydrogens is 156 g/mol. The van der Waals surface area contributed by atoms with Crippen LogP contribution in [0.3, 0.4) is 0 Å². The lowest BCUT2D eigenvalue weighted by atomic mass is 10.3. The van der Waals surface area contributed by atoms with Gasteiger partial charge < -0.3 is 5.11 Å². The molecule has 3 heteroatoms.